The molecule has 0 saturated carbocycles. The molecular formula is C14H23N5. The molecule has 0 aliphatic carbocycles. The fourth-order valence-electron chi connectivity index (χ4n) is 2.62. The number of nitrogens with one attached hydrogen (secondary N) is 1. The molecular weight excluding hydrogens is 238 g/mol. The molecule has 2 heterocycles. The van der Waals surface area contributed by atoms with Crippen molar-refractivity contribution in [3.05, 3.63) is 34.9 Å². The summed E-state index contributed by atoms with van der Waals surface area (Å²) in [7, 11) is 3.94. The average molecular weight is 261 g/mol. The van der Waals surface area contributed by atoms with Crippen molar-refractivity contribution in [1.29, 1.82) is 0 Å². The fourth-order valence-corrected chi connectivity index (χ4v) is 2.62. The summed E-state index contributed by atoms with van der Waals surface area (Å²) in [5.74, 6) is 0. The van der Waals surface area contributed by atoms with Crippen molar-refractivity contribution in [2.24, 2.45) is 7.05 Å². The van der Waals surface area contributed by atoms with Crippen LogP contribution >= 0.6 is 0 Å². The van der Waals surface area contributed by atoms with Crippen molar-refractivity contribution in [3.8, 4) is 0 Å². The molecule has 0 saturated heterocycles. The lowest BCUT2D eigenvalue weighted by Crippen LogP contribution is -2.17. The van der Waals surface area contributed by atoms with E-state index in [1.807, 2.05) is 35.7 Å². The van der Waals surface area contributed by atoms with Crippen molar-refractivity contribution >= 4 is 0 Å². The van der Waals surface area contributed by atoms with E-state index < -0.39 is 0 Å². The average Bonchev–Trinajstić information content (AvgIpc) is 2.89. The van der Waals surface area contributed by atoms with E-state index in [0.29, 0.717) is 6.04 Å². The Morgan fingerprint density at radius 3 is 2.58 bits per heavy atom. The van der Waals surface area contributed by atoms with E-state index in [1.165, 1.54) is 11.3 Å². The van der Waals surface area contributed by atoms with Gasteiger partial charge in [0.05, 0.1) is 17.9 Å². The first-order valence-corrected chi connectivity index (χ1v) is 6.76. The van der Waals surface area contributed by atoms with Crippen molar-refractivity contribution in [1.82, 2.24) is 24.9 Å². The summed E-state index contributed by atoms with van der Waals surface area (Å²) in [5.41, 5.74) is 4.69. The Morgan fingerprint density at radius 1 is 1.32 bits per heavy atom. The molecule has 0 aliphatic rings. The molecule has 0 aliphatic heterocycles. The Balaban J connectivity index is 2.30. The predicted molar refractivity (Wildman–Crippen MR) is 76.1 cm³/mol. The van der Waals surface area contributed by atoms with Crippen molar-refractivity contribution in [2.45, 2.75) is 39.8 Å². The van der Waals surface area contributed by atoms with Crippen LogP contribution in [-0.4, -0.2) is 26.6 Å². The van der Waals surface area contributed by atoms with Crippen LogP contribution in [0.1, 0.15) is 42.0 Å². The van der Waals surface area contributed by atoms with Gasteiger partial charge in [-0.25, -0.2) is 0 Å². The largest absolute Gasteiger partial charge is 0.313 e. The van der Waals surface area contributed by atoms with Gasteiger partial charge in [0.15, 0.2) is 0 Å². The highest BCUT2D eigenvalue weighted by molar-refractivity contribution is 5.28. The normalized spacial score (nSPS) is 12.9. The zero-order valence-corrected chi connectivity index (χ0v) is 12.4. The van der Waals surface area contributed by atoms with Crippen LogP contribution in [0, 0.1) is 13.8 Å². The third-order valence-electron chi connectivity index (χ3n) is 3.62. The summed E-state index contributed by atoms with van der Waals surface area (Å²) in [6.45, 7) is 7.14. The minimum absolute atomic E-state index is 0.373. The standard InChI is InChI=1S/C14H23N5/c1-6-13(15-4)14-10(2)16-19(11(14)3)9-12-7-8-18(5)17-12/h7-8,13,15H,6,9H2,1-5H3. The lowest BCUT2D eigenvalue weighted by atomic mass is 10.0. The minimum Gasteiger partial charge on any atom is -0.313 e. The summed E-state index contributed by atoms with van der Waals surface area (Å²) in [6, 6.07) is 2.41. The third kappa shape index (κ3) is 2.71. The Morgan fingerprint density at radius 2 is 2.05 bits per heavy atom. The van der Waals surface area contributed by atoms with E-state index in [1.54, 1.807) is 0 Å². The first-order valence-electron chi connectivity index (χ1n) is 6.76. The van der Waals surface area contributed by atoms with Crippen LogP contribution in [0.4, 0.5) is 0 Å². The molecule has 2 aromatic rings. The van der Waals surface area contributed by atoms with Gasteiger partial charge < -0.3 is 5.32 Å². The van der Waals surface area contributed by atoms with E-state index in [-0.39, 0.29) is 0 Å². The minimum atomic E-state index is 0.373. The second-order valence-corrected chi connectivity index (χ2v) is 4.97. The van der Waals surface area contributed by atoms with E-state index in [0.717, 1.165) is 24.4 Å². The van der Waals surface area contributed by atoms with Gasteiger partial charge in [-0.3, -0.25) is 9.36 Å². The molecule has 1 atom stereocenters. The highest BCUT2D eigenvalue weighted by Crippen LogP contribution is 2.24. The predicted octanol–water partition coefficient (Wildman–Crippen LogP) is 1.95. The van der Waals surface area contributed by atoms with Gasteiger partial charge in [-0.1, -0.05) is 6.92 Å². The molecule has 1 N–H and O–H groups in total. The molecule has 0 amide bonds. The van der Waals surface area contributed by atoms with E-state index in [2.05, 4.69) is 36.3 Å². The van der Waals surface area contributed by atoms with Gasteiger partial charge in [-0.15, -0.1) is 0 Å². The zero-order chi connectivity index (χ0) is 14.0. The smallest absolute Gasteiger partial charge is 0.0853 e. The summed E-state index contributed by atoms with van der Waals surface area (Å²) in [5, 5.41) is 12.4. The molecule has 104 valence electrons. The maximum atomic E-state index is 4.66. The maximum absolute atomic E-state index is 4.66. The van der Waals surface area contributed by atoms with Gasteiger partial charge in [0.2, 0.25) is 0 Å². The van der Waals surface area contributed by atoms with Crippen molar-refractivity contribution in [3.63, 3.8) is 0 Å². The van der Waals surface area contributed by atoms with Crippen LogP contribution < -0.4 is 5.32 Å². The molecule has 1 unspecified atom stereocenters. The topological polar surface area (TPSA) is 47.7 Å². The van der Waals surface area contributed by atoms with Crippen LogP contribution in [0.3, 0.4) is 0 Å². The van der Waals surface area contributed by atoms with Crippen LogP contribution in [-0.2, 0) is 13.6 Å². The van der Waals surface area contributed by atoms with Gasteiger partial charge in [-0.2, -0.15) is 10.2 Å². The highest BCUT2D eigenvalue weighted by atomic mass is 15.3. The van der Waals surface area contributed by atoms with Gasteiger partial charge >= 0.3 is 0 Å². The van der Waals surface area contributed by atoms with Crippen LogP contribution in [0.5, 0.6) is 0 Å². The summed E-state index contributed by atoms with van der Waals surface area (Å²) in [4.78, 5) is 0. The third-order valence-corrected chi connectivity index (χ3v) is 3.62. The second-order valence-electron chi connectivity index (χ2n) is 4.97. The summed E-state index contributed by atoms with van der Waals surface area (Å²) >= 11 is 0. The fraction of sp³-hybridized carbons (Fsp3) is 0.571. The summed E-state index contributed by atoms with van der Waals surface area (Å²) < 4.78 is 3.87. The Bertz CT molecular complexity index is 548. The number of nitrogens with zero attached hydrogens (tertiary/aromatic N) is 4. The first-order chi connectivity index (χ1) is 9.06. The van der Waals surface area contributed by atoms with Gasteiger partial charge in [-0.05, 0) is 33.4 Å². The van der Waals surface area contributed by atoms with Crippen LogP contribution in [0.25, 0.3) is 0 Å². The lowest BCUT2D eigenvalue weighted by molar-refractivity contribution is 0.567. The second kappa shape index (κ2) is 5.57. The molecule has 19 heavy (non-hydrogen) atoms. The van der Waals surface area contributed by atoms with Gasteiger partial charge in [0.25, 0.3) is 0 Å². The molecule has 0 aromatic carbocycles. The first kappa shape index (κ1) is 13.8. The molecule has 5 nitrogen and oxygen atoms in total. The molecule has 2 aromatic heterocycles. The molecule has 0 bridgehead atoms. The highest BCUT2D eigenvalue weighted by Gasteiger charge is 2.18. The monoisotopic (exact) mass is 261 g/mol. The van der Waals surface area contributed by atoms with E-state index in [9.17, 15) is 0 Å². The quantitative estimate of drug-likeness (QED) is 0.895. The van der Waals surface area contributed by atoms with Crippen molar-refractivity contribution < 1.29 is 0 Å². The molecule has 5 heteroatoms. The zero-order valence-electron chi connectivity index (χ0n) is 12.4. The Labute approximate surface area is 114 Å². The summed E-state index contributed by atoms with van der Waals surface area (Å²) in [6.07, 6.45) is 3.03. The lowest BCUT2D eigenvalue weighted by Gasteiger charge is -2.14. The number of hydrogen-bond donors (Lipinski definition) is 1. The SMILES string of the molecule is CCC(NC)c1c(C)nn(Cc2ccn(C)n2)c1C. The Kier molecular flexibility index (Phi) is 4.04. The molecule has 0 radical (unpaired) electrons. The van der Waals surface area contributed by atoms with E-state index >= 15 is 0 Å². The van der Waals surface area contributed by atoms with Crippen LogP contribution in [0.2, 0.25) is 0 Å². The van der Waals surface area contributed by atoms with Gasteiger partial charge in [0, 0.05) is 30.5 Å². The molecule has 0 fully saturated rings. The Hall–Kier alpha value is -1.62. The van der Waals surface area contributed by atoms with Gasteiger partial charge in [0.1, 0.15) is 0 Å². The number of hydrogen-bond acceptors (Lipinski definition) is 3. The maximum Gasteiger partial charge on any atom is 0.0853 e. The number of aromatic nitrogens is 4. The van der Waals surface area contributed by atoms with Crippen molar-refractivity contribution in [2.75, 3.05) is 7.05 Å². The number of rotatable bonds is 5. The molecule has 0 spiro atoms. The number of aryl methyl sites for hydroxylation is 2. The van der Waals surface area contributed by atoms with Crippen LogP contribution in [0.15, 0.2) is 12.3 Å². The molecule has 2 rings (SSSR count). The van der Waals surface area contributed by atoms with E-state index in [4.69, 9.17) is 0 Å².